The highest BCUT2D eigenvalue weighted by molar-refractivity contribution is 7.11. The van der Waals surface area contributed by atoms with Crippen LogP contribution < -0.4 is 10.6 Å². The van der Waals surface area contributed by atoms with Gasteiger partial charge in [-0.2, -0.15) is 0 Å². The van der Waals surface area contributed by atoms with Crippen LogP contribution in [0.4, 0.5) is 4.79 Å². The predicted octanol–water partition coefficient (Wildman–Crippen LogP) is 2.87. The Bertz CT molecular complexity index is 642. The average molecular weight is 396 g/mol. The number of hydrogen-bond donors (Lipinski definition) is 2. The molecule has 1 aromatic rings. The second-order valence-corrected chi connectivity index (χ2v) is 9.12. The van der Waals surface area contributed by atoms with Crippen LogP contribution in [0.3, 0.4) is 0 Å². The number of nitrogens with zero attached hydrogens (tertiary/aromatic N) is 3. The molecule has 8 heteroatoms. The van der Waals surface area contributed by atoms with Crippen LogP contribution in [0.5, 0.6) is 0 Å². The summed E-state index contributed by atoms with van der Waals surface area (Å²) in [7, 11) is 1.75. The molecule has 0 aliphatic heterocycles. The van der Waals surface area contributed by atoms with Gasteiger partial charge in [0.2, 0.25) is 0 Å². The van der Waals surface area contributed by atoms with Crippen molar-refractivity contribution in [1.29, 1.82) is 0 Å². The van der Waals surface area contributed by atoms with Crippen LogP contribution in [-0.2, 0) is 11.2 Å². The number of aromatic nitrogens is 1. The smallest absolute Gasteiger partial charge is 0.410 e. The van der Waals surface area contributed by atoms with E-state index in [1.165, 1.54) is 4.88 Å². The lowest BCUT2D eigenvalue weighted by atomic mass is 10.2. The van der Waals surface area contributed by atoms with E-state index in [0.717, 1.165) is 42.5 Å². The number of carbonyl (C=O) groups is 1. The van der Waals surface area contributed by atoms with Crippen LogP contribution in [0.1, 0.15) is 49.2 Å². The van der Waals surface area contributed by atoms with Crippen molar-refractivity contribution in [3.05, 3.63) is 15.6 Å². The van der Waals surface area contributed by atoms with Crippen molar-refractivity contribution in [1.82, 2.24) is 20.5 Å². The lowest BCUT2D eigenvalue weighted by molar-refractivity contribution is 0.0238. The maximum Gasteiger partial charge on any atom is 0.410 e. The third kappa shape index (κ3) is 7.36. The van der Waals surface area contributed by atoms with Gasteiger partial charge in [-0.3, -0.25) is 4.99 Å². The highest BCUT2D eigenvalue weighted by Gasteiger charge is 2.34. The Morgan fingerprint density at radius 3 is 2.48 bits per heavy atom. The molecule has 0 spiro atoms. The van der Waals surface area contributed by atoms with E-state index in [2.05, 4.69) is 27.5 Å². The molecule has 1 fully saturated rings. The van der Waals surface area contributed by atoms with Crippen molar-refractivity contribution in [3.63, 3.8) is 0 Å². The molecule has 0 radical (unpaired) electrons. The minimum Gasteiger partial charge on any atom is -0.444 e. The average Bonchev–Trinajstić information content (AvgIpc) is 3.34. The van der Waals surface area contributed by atoms with Gasteiger partial charge in [-0.05, 0) is 47.5 Å². The Morgan fingerprint density at radius 2 is 1.96 bits per heavy atom. The maximum absolute atomic E-state index is 12.4. The molecule has 0 atom stereocenters. The number of amides is 1. The summed E-state index contributed by atoms with van der Waals surface area (Å²) in [6.45, 7) is 11.8. The molecule has 1 amide bonds. The first-order valence-corrected chi connectivity index (χ1v) is 10.4. The number of thiazole rings is 1. The van der Waals surface area contributed by atoms with Crippen LogP contribution in [0.25, 0.3) is 0 Å². The molecule has 0 aromatic carbocycles. The first kappa shape index (κ1) is 21.5. The largest absolute Gasteiger partial charge is 0.444 e. The summed E-state index contributed by atoms with van der Waals surface area (Å²) in [5.74, 6) is 0.736. The van der Waals surface area contributed by atoms with Crippen molar-refractivity contribution < 1.29 is 9.53 Å². The zero-order chi connectivity index (χ0) is 20.0. The molecule has 152 valence electrons. The Kier molecular flexibility index (Phi) is 7.47. The fourth-order valence-electron chi connectivity index (χ4n) is 2.58. The van der Waals surface area contributed by atoms with Gasteiger partial charge in [0, 0.05) is 44.0 Å². The predicted molar refractivity (Wildman–Crippen MR) is 111 cm³/mol. The van der Waals surface area contributed by atoms with Crippen LogP contribution in [0.15, 0.2) is 4.99 Å². The highest BCUT2D eigenvalue weighted by Crippen LogP contribution is 2.28. The lowest BCUT2D eigenvalue weighted by Gasteiger charge is -2.27. The van der Waals surface area contributed by atoms with E-state index >= 15 is 0 Å². The van der Waals surface area contributed by atoms with E-state index in [-0.39, 0.29) is 6.09 Å². The molecule has 0 saturated heterocycles. The van der Waals surface area contributed by atoms with Crippen molar-refractivity contribution in [2.45, 2.75) is 65.5 Å². The fourth-order valence-corrected chi connectivity index (χ4v) is 3.51. The molecule has 1 heterocycles. The van der Waals surface area contributed by atoms with Crippen molar-refractivity contribution >= 4 is 23.4 Å². The van der Waals surface area contributed by atoms with Gasteiger partial charge in [0.1, 0.15) is 5.60 Å². The molecule has 7 nitrogen and oxygen atoms in total. The van der Waals surface area contributed by atoms with E-state index < -0.39 is 5.60 Å². The second-order valence-electron chi connectivity index (χ2n) is 7.83. The summed E-state index contributed by atoms with van der Waals surface area (Å²) in [6, 6.07) is 0.313. The number of nitrogens with one attached hydrogen (secondary N) is 2. The standard InChI is InChI=1S/C19H33N5O2S/c1-13-14(2)27-16(23-13)9-10-21-17(20-6)22-11-12-24(15-7-8-15)18(25)26-19(3,4)5/h15H,7-12H2,1-6H3,(H2,20,21,22). The zero-order valence-electron chi connectivity index (χ0n) is 17.4. The molecule has 2 N–H and O–H groups in total. The summed E-state index contributed by atoms with van der Waals surface area (Å²) in [6.07, 6.45) is 2.74. The highest BCUT2D eigenvalue weighted by atomic mass is 32.1. The van der Waals surface area contributed by atoms with Gasteiger partial charge in [-0.25, -0.2) is 9.78 Å². The SMILES string of the molecule is CN=C(NCCc1nc(C)c(C)s1)NCCN(C(=O)OC(C)(C)C)C1CC1. The molecule has 1 saturated carbocycles. The topological polar surface area (TPSA) is 78.9 Å². The van der Waals surface area contributed by atoms with Crippen molar-refractivity contribution in [2.24, 2.45) is 4.99 Å². The van der Waals surface area contributed by atoms with Gasteiger partial charge >= 0.3 is 6.09 Å². The number of carbonyl (C=O) groups excluding carboxylic acids is 1. The Balaban J connectivity index is 1.73. The number of rotatable bonds is 7. The van der Waals surface area contributed by atoms with Crippen molar-refractivity contribution in [3.8, 4) is 0 Å². The lowest BCUT2D eigenvalue weighted by Crippen LogP contribution is -2.45. The Hall–Kier alpha value is -1.83. The number of hydrogen-bond acceptors (Lipinski definition) is 5. The summed E-state index contributed by atoms with van der Waals surface area (Å²) < 4.78 is 5.52. The number of guanidine groups is 1. The minimum absolute atomic E-state index is 0.232. The molecular weight excluding hydrogens is 362 g/mol. The van der Waals surface area contributed by atoms with E-state index in [1.54, 1.807) is 18.4 Å². The van der Waals surface area contributed by atoms with Gasteiger partial charge in [-0.1, -0.05) is 0 Å². The van der Waals surface area contributed by atoms with Crippen LogP contribution >= 0.6 is 11.3 Å². The summed E-state index contributed by atoms with van der Waals surface area (Å²) in [4.78, 5) is 24.3. The molecule has 0 unspecified atom stereocenters. The van der Waals surface area contributed by atoms with Gasteiger partial charge in [-0.15, -0.1) is 11.3 Å². The van der Waals surface area contributed by atoms with E-state index in [9.17, 15) is 4.79 Å². The van der Waals surface area contributed by atoms with Gasteiger partial charge in [0.15, 0.2) is 5.96 Å². The first-order chi connectivity index (χ1) is 12.7. The maximum atomic E-state index is 12.4. The van der Waals surface area contributed by atoms with E-state index in [0.29, 0.717) is 19.1 Å². The van der Waals surface area contributed by atoms with E-state index in [1.807, 2.05) is 32.6 Å². The molecular formula is C19H33N5O2S. The third-order valence-corrected chi connectivity index (χ3v) is 5.32. The molecule has 27 heavy (non-hydrogen) atoms. The number of aryl methyl sites for hydroxylation is 2. The van der Waals surface area contributed by atoms with Crippen LogP contribution in [0, 0.1) is 13.8 Å². The Morgan fingerprint density at radius 1 is 1.30 bits per heavy atom. The molecule has 0 bridgehead atoms. The summed E-state index contributed by atoms with van der Waals surface area (Å²) in [5, 5.41) is 7.72. The summed E-state index contributed by atoms with van der Waals surface area (Å²) in [5.41, 5.74) is 0.640. The molecule has 1 aliphatic rings. The summed E-state index contributed by atoms with van der Waals surface area (Å²) >= 11 is 1.74. The van der Waals surface area contributed by atoms with Crippen LogP contribution in [-0.4, -0.2) is 60.3 Å². The molecule has 2 rings (SSSR count). The van der Waals surface area contributed by atoms with Crippen molar-refractivity contribution in [2.75, 3.05) is 26.7 Å². The van der Waals surface area contributed by atoms with E-state index in [4.69, 9.17) is 4.74 Å². The monoisotopic (exact) mass is 395 g/mol. The van der Waals surface area contributed by atoms with Crippen LogP contribution in [0.2, 0.25) is 0 Å². The first-order valence-electron chi connectivity index (χ1n) is 9.56. The number of ether oxygens (including phenoxy) is 1. The minimum atomic E-state index is -0.470. The fraction of sp³-hybridized carbons (Fsp3) is 0.737. The second kappa shape index (κ2) is 9.39. The Labute approximate surface area is 166 Å². The van der Waals surface area contributed by atoms with Gasteiger partial charge in [0.25, 0.3) is 0 Å². The van der Waals surface area contributed by atoms with Gasteiger partial charge < -0.3 is 20.3 Å². The van der Waals surface area contributed by atoms with Gasteiger partial charge in [0.05, 0.1) is 10.7 Å². The number of aliphatic imine (C=N–C) groups is 1. The molecule has 1 aromatic heterocycles. The molecule has 1 aliphatic carbocycles. The quantitative estimate of drug-likeness (QED) is 0.548. The third-order valence-electron chi connectivity index (χ3n) is 4.19. The normalized spacial score (nSPS) is 14.8. The zero-order valence-corrected chi connectivity index (χ0v) is 18.2.